The zero-order valence-electron chi connectivity index (χ0n) is 10.4. The molecular formula is C12H9N3O5. The fraction of sp³-hybridized carbons (Fsp3) is 0.167. The third-order valence-corrected chi connectivity index (χ3v) is 2.86. The Morgan fingerprint density at radius 3 is 2.85 bits per heavy atom. The summed E-state index contributed by atoms with van der Waals surface area (Å²) in [6.45, 7) is 1.93. The summed E-state index contributed by atoms with van der Waals surface area (Å²) in [5.74, 6) is 0.0395. The van der Waals surface area contributed by atoms with Crippen LogP contribution in [0.1, 0.15) is 11.5 Å². The molecule has 0 aliphatic carbocycles. The van der Waals surface area contributed by atoms with Crippen LogP contribution in [0.2, 0.25) is 0 Å². The minimum Gasteiger partial charge on any atom is -0.407 e. The fourth-order valence-electron chi connectivity index (χ4n) is 1.97. The van der Waals surface area contributed by atoms with Gasteiger partial charge in [0, 0.05) is 12.1 Å². The highest BCUT2D eigenvalue weighted by molar-refractivity contribution is 5.75. The summed E-state index contributed by atoms with van der Waals surface area (Å²) in [6, 6.07) is 5.73. The lowest BCUT2D eigenvalue weighted by atomic mass is 10.3. The number of nitro groups is 1. The highest BCUT2D eigenvalue weighted by atomic mass is 16.6. The Morgan fingerprint density at radius 1 is 1.40 bits per heavy atom. The molecule has 0 radical (unpaired) electrons. The molecule has 0 bridgehead atoms. The molecule has 0 aliphatic heterocycles. The molecule has 20 heavy (non-hydrogen) atoms. The predicted octanol–water partition coefficient (Wildman–Crippen LogP) is 1.85. The van der Waals surface area contributed by atoms with Gasteiger partial charge in [0.25, 0.3) is 5.69 Å². The number of rotatable bonds is 3. The van der Waals surface area contributed by atoms with Gasteiger partial charge >= 0.3 is 5.76 Å². The third kappa shape index (κ3) is 1.96. The maximum absolute atomic E-state index is 11.8. The molecule has 2 heterocycles. The van der Waals surface area contributed by atoms with Crippen LogP contribution in [0.25, 0.3) is 11.1 Å². The van der Waals surface area contributed by atoms with Crippen LogP contribution in [0.15, 0.2) is 38.0 Å². The van der Waals surface area contributed by atoms with E-state index < -0.39 is 10.7 Å². The molecule has 0 spiro atoms. The average molecular weight is 275 g/mol. The average Bonchev–Trinajstić information content (AvgIpc) is 2.94. The van der Waals surface area contributed by atoms with E-state index in [1.807, 2.05) is 0 Å². The van der Waals surface area contributed by atoms with Crippen molar-refractivity contribution in [2.24, 2.45) is 0 Å². The fourth-order valence-corrected chi connectivity index (χ4v) is 1.97. The monoisotopic (exact) mass is 275 g/mol. The molecule has 102 valence electrons. The van der Waals surface area contributed by atoms with Gasteiger partial charge < -0.3 is 8.94 Å². The first-order chi connectivity index (χ1) is 9.54. The van der Waals surface area contributed by atoms with Gasteiger partial charge in [0.05, 0.1) is 23.1 Å². The number of benzene rings is 1. The normalized spacial score (nSPS) is 11.1. The molecule has 0 saturated carbocycles. The highest BCUT2D eigenvalue weighted by Gasteiger charge is 2.15. The Hall–Kier alpha value is -2.90. The summed E-state index contributed by atoms with van der Waals surface area (Å²) in [5.41, 5.74) is 1.09. The van der Waals surface area contributed by atoms with Crippen LogP contribution in [-0.2, 0) is 6.54 Å². The van der Waals surface area contributed by atoms with Crippen molar-refractivity contribution < 1.29 is 13.9 Å². The van der Waals surface area contributed by atoms with E-state index in [9.17, 15) is 14.9 Å². The van der Waals surface area contributed by atoms with Crippen molar-refractivity contribution in [3.8, 4) is 0 Å². The summed E-state index contributed by atoms with van der Waals surface area (Å²) >= 11 is 0. The highest BCUT2D eigenvalue weighted by Crippen LogP contribution is 2.20. The summed E-state index contributed by atoms with van der Waals surface area (Å²) in [5, 5.41) is 14.5. The largest absolute Gasteiger partial charge is 0.420 e. The summed E-state index contributed by atoms with van der Waals surface area (Å²) in [6.07, 6.45) is 0. The molecule has 3 rings (SSSR count). The summed E-state index contributed by atoms with van der Waals surface area (Å²) in [7, 11) is 0. The van der Waals surface area contributed by atoms with Crippen molar-refractivity contribution in [3.63, 3.8) is 0 Å². The van der Waals surface area contributed by atoms with Gasteiger partial charge in [-0.25, -0.2) is 4.79 Å². The number of nitro benzene ring substituents is 1. The molecule has 3 aromatic rings. The molecule has 0 saturated heterocycles. The standard InChI is InChI=1S/C12H9N3O5/c1-7-4-8(13-20-7)6-14-10-3-2-9(15(17)18)5-11(10)19-12(14)16/h2-5H,6H2,1H3. The van der Waals surface area contributed by atoms with Gasteiger partial charge in [-0.15, -0.1) is 0 Å². The molecule has 1 aromatic carbocycles. The second kappa shape index (κ2) is 4.34. The van der Waals surface area contributed by atoms with Crippen molar-refractivity contribution >= 4 is 16.8 Å². The number of nitrogens with zero attached hydrogens (tertiary/aromatic N) is 3. The zero-order valence-corrected chi connectivity index (χ0v) is 10.4. The van der Waals surface area contributed by atoms with E-state index in [1.165, 1.54) is 22.8 Å². The van der Waals surface area contributed by atoms with Crippen molar-refractivity contribution in [3.05, 3.63) is 56.4 Å². The van der Waals surface area contributed by atoms with Crippen LogP contribution >= 0.6 is 0 Å². The number of hydrogen-bond donors (Lipinski definition) is 0. The topological polar surface area (TPSA) is 104 Å². The van der Waals surface area contributed by atoms with Gasteiger partial charge in [0.2, 0.25) is 0 Å². The van der Waals surface area contributed by atoms with Crippen LogP contribution in [0.3, 0.4) is 0 Å². The van der Waals surface area contributed by atoms with Gasteiger partial charge in [-0.1, -0.05) is 5.16 Å². The van der Waals surface area contributed by atoms with Crippen molar-refractivity contribution in [2.45, 2.75) is 13.5 Å². The van der Waals surface area contributed by atoms with E-state index in [0.29, 0.717) is 17.0 Å². The van der Waals surface area contributed by atoms with Crippen LogP contribution in [0.4, 0.5) is 5.69 Å². The molecule has 8 nitrogen and oxygen atoms in total. The molecule has 0 N–H and O–H groups in total. The van der Waals surface area contributed by atoms with Crippen molar-refractivity contribution in [2.75, 3.05) is 0 Å². The molecular weight excluding hydrogens is 266 g/mol. The van der Waals surface area contributed by atoms with Crippen molar-refractivity contribution in [1.82, 2.24) is 9.72 Å². The SMILES string of the molecule is Cc1cc(Cn2c(=O)oc3cc([N+](=O)[O-])ccc32)no1. The Morgan fingerprint density at radius 2 is 2.20 bits per heavy atom. The number of hydrogen-bond acceptors (Lipinski definition) is 6. The lowest BCUT2D eigenvalue weighted by molar-refractivity contribution is -0.384. The minimum absolute atomic E-state index is 0.129. The summed E-state index contributed by atoms with van der Waals surface area (Å²) < 4.78 is 11.3. The number of oxazole rings is 1. The van der Waals surface area contributed by atoms with E-state index in [2.05, 4.69) is 5.16 Å². The first kappa shape index (κ1) is 12.2. The van der Waals surface area contributed by atoms with Crippen LogP contribution in [-0.4, -0.2) is 14.6 Å². The van der Waals surface area contributed by atoms with Gasteiger partial charge in [-0.05, 0) is 13.0 Å². The summed E-state index contributed by atoms with van der Waals surface area (Å²) in [4.78, 5) is 21.9. The second-order valence-electron chi connectivity index (χ2n) is 4.29. The van der Waals surface area contributed by atoms with E-state index in [1.54, 1.807) is 13.0 Å². The first-order valence-corrected chi connectivity index (χ1v) is 5.74. The molecule has 0 unspecified atom stereocenters. The number of aryl methyl sites for hydroxylation is 1. The quantitative estimate of drug-likeness (QED) is 0.533. The van der Waals surface area contributed by atoms with E-state index >= 15 is 0 Å². The first-order valence-electron chi connectivity index (χ1n) is 5.74. The van der Waals surface area contributed by atoms with Gasteiger partial charge in [0.1, 0.15) is 11.5 Å². The van der Waals surface area contributed by atoms with Gasteiger partial charge in [-0.3, -0.25) is 14.7 Å². The maximum Gasteiger partial charge on any atom is 0.420 e. The zero-order chi connectivity index (χ0) is 14.3. The molecule has 2 aromatic heterocycles. The Bertz CT molecular complexity index is 857. The maximum atomic E-state index is 11.8. The van der Waals surface area contributed by atoms with E-state index in [4.69, 9.17) is 8.94 Å². The molecule has 0 amide bonds. The van der Waals surface area contributed by atoms with Crippen LogP contribution in [0.5, 0.6) is 0 Å². The van der Waals surface area contributed by atoms with E-state index in [-0.39, 0.29) is 17.8 Å². The van der Waals surface area contributed by atoms with Gasteiger partial charge in [-0.2, -0.15) is 0 Å². The predicted molar refractivity (Wildman–Crippen MR) is 67.5 cm³/mol. The smallest absolute Gasteiger partial charge is 0.407 e. The molecule has 0 fully saturated rings. The Balaban J connectivity index is 2.09. The second-order valence-corrected chi connectivity index (χ2v) is 4.29. The van der Waals surface area contributed by atoms with Gasteiger partial charge in [0.15, 0.2) is 5.58 Å². The number of aromatic nitrogens is 2. The van der Waals surface area contributed by atoms with Crippen LogP contribution in [0, 0.1) is 17.0 Å². The van der Waals surface area contributed by atoms with E-state index in [0.717, 1.165) is 0 Å². The minimum atomic E-state index is -0.596. The molecule has 0 aliphatic rings. The number of fused-ring (bicyclic) bond motifs is 1. The molecule has 8 heteroatoms. The lowest BCUT2D eigenvalue weighted by Gasteiger charge is -1.97. The Kier molecular flexibility index (Phi) is 2.63. The number of non-ortho nitro benzene ring substituents is 1. The Labute approximate surface area is 111 Å². The third-order valence-electron chi connectivity index (χ3n) is 2.86. The van der Waals surface area contributed by atoms with Crippen molar-refractivity contribution in [1.29, 1.82) is 0 Å². The lowest BCUT2D eigenvalue weighted by Crippen LogP contribution is -2.14. The molecule has 0 atom stereocenters. The van der Waals surface area contributed by atoms with Crippen LogP contribution < -0.4 is 5.76 Å².